The number of hydrogen-bond acceptors (Lipinski definition) is 8. The first-order chi connectivity index (χ1) is 15.8. The van der Waals surface area contributed by atoms with E-state index in [4.69, 9.17) is 15.2 Å². The average Bonchev–Trinajstić information content (AvgIpc) is 2.81. The zero-order valence-electron chi connectivity index (χ0n) is 18.4. The maximum Gasteiger partial charge on any atom is 0.354 e. The van der Waals surface area contributed by atoms with Gasteiger partial charge in [0.2, 0.25) is 5.91 Å². The van der Waals surface area contributed by atoms with Gasteiger partial charge in [-0.25, -0.2) is 4.79 Å². The Labute approximate surface area is 191 Å². The summed E-state index contributed by atoms with van der Waals surface area (Å²) in [5.41, 5.74) is 7.49. The van der Waals surface area contributed by atoms with Crippen LogP contribution in [0.1, 0.15) is 30.0 Å². The van der Waals surface area contributed by atoms with Crippen LogP contribution in [0.4, 0.5) is 0 Å². The van der Waals surface area contributed by atoms with Crippen LogP contribution in [0.2, 0.25) is 0 Å². The minimum atomic E-state index is -0.752. The van der Waals surface area contributed by atoms with E-state index in [1.54, 1.807) is 6.07 Å². The second-order valence-electron chi connectivity index (χ2n) is 7.02. The summed E-state index contributed by atoms with van der Waals surface area (Å²) in [6.45, 7) is 1.35. The van der Waals surface area contributed by atoms with Gasteiger partial charge in [0.1, 0.15) is 24.7 Å². The molecule has 0 bridgehead atoms. The van der Waals surface area contributed by atoms with Gasteiger partial charge in [-0.15, -0.1) is 0 Å². The van der Waals surface area contributed by atoms with Gasteiger partial charge < -0.3 is 25.3 Å². The van der Waals surface area contributed by atoms with Crippen molar-refractivity contribution in [3.05, 3.63) is 70.9 Å². The maximum atomic E-state index is 12.1. The summed E-state index contributed by atoms with van der Waals surface area (Å²) in [6, 6.07) is 15.1. The van der Waals surface area contributed by atoms with Crippen molar-refractivity contribution < 1.29 is 28.6 Å². The molecular formula is C24H25N3O6. The quantitative estimate of drug-likeness (QED) is 0.413. The Hall–Kier alpha value is -4.16. The molecule has 0 heterocycles. The van der Waals surface area contributed by atoms with E-state index in [9.17, 15) is 19.6 Å². The first-order valence-corrected chi connectivity index (χ1v) is 10.0. The number of nitrogens with one attached hydrogen (secondary N) is 1. The molecule has 0 aliphatic carbocycles. The average molecular weight is 451 g/mol. The Balaban J connectivity index is 2.07. The molecule has 0 radical (unpaired) electrons. The summed E-state index contributed by atoms with van der Waals surface area (Å²) in [4.78, 5) is 35.4. The molecular weight excluding hydrogens is 426 g/mol. The number of esters is 2. The highest BCUT2D eigenvalue weighted by Crippen LogP contribution is 2.23. The van der Waals surface area contributed by atoms with E-state index in [0.717, 1.165) is 5.56 Å². The summed E-state index contributed by atoms with van der Waals surface area (Å²) >= 11 is 0. The van der Waals surface area contributed by atoms with E-state index in [2.05, 4.69) is 10.1 Å². The van der Waals surface area contributed by atoms with Gasteiger partial charge in [0.25, 0.3) is 0 Å². The smallest absolute Gasteiger partial charge is 0.354 e. The topological polar surface area (TPSA) is 141 Å². The number of carbonyl (C=O) groups is 3. The van der Waals surface area contributed by atoms with Crippen LogP contribution < -0.4 is 15.8 Å². The number of nitrogens with zero attached hydrogens (tertiary/aromatic N) is 1. The molecule has 0 saturated heterocycles. The van der Waals surface area contributed by atoms with Crippen molar-refractivity contribution in [2.24, 2.45) is 5.73 Å². The van der Waals surface area contributed by atoms with Crippen molar-refractivity contribution >= 4 is 23.9 Å². The molecule has 2 rings (SSSR count). The standard InChI is InChI=1S/C24H25N3O6/c1-16(28)27-21(24(30)31-2)11-19-9-8-18(13-25)10-22(19)32-15-20(26)12-23(29)33-14-17-6-4-3-5-7-17/h3-11,20H,12,14-15,26H2,1-2H3,(H,27,28)/b21-11-/t20-/m1/s1. The molecule has 0 unspecified atom stereocenters. The van der Waals surface area contributed by atoms with E-state index >= 15 is 0 Å². The van der Waals surface area contributed by atoms with Gasteiger partial charge in [0.15, 0.2) is 0 Å². The predicted octanol–water partition coefficient (Wildman–Crippen LogP) is 2.05. The minimum absolute atomic E-state index is 0.0517. The normalized spacial score (nSPS) is 11.6. The van der Waals surface area contributed by atoms with Crippen LogP contribution in [-0.4, -0.2) is 37.6 Å². The van der Waals surface area contributed by atoms with Gasteiger partial charge in [0.05, 0.1) is 25.2 Å². The molecule has 1 amide bonds. The fourth-order valence-corrected chi connectivity index (χ4v) is 2.72. The lowest BCUT2D eigenvalue weighted by Gasteiger charge is -2.15. The molecule has 1 atom stereocenters. The van der Waals surface area contributed by atoms with Crippen molar-refractivity contribution in [3.8, 4) is 11.8 Å². The summed E-state index contributed by atoms with van der Waals surface area (Å²) in [5, 5.41) is 11.6. The lowest BCUT2D eigenvalue weighted by molar-refractivity contribution is -0.145. The van der Waals surface area contributed by atoms with Crippen molar-refractivity contribution in [2.75, 3.05) is 13.7 Å². The third kappa shape index (κ3) is 8.47. The molecule has 0 aromatic heterocycles. The number of nitrogens with two attached hydrogens (primary N) is 1. The van der Waals surface area contributed by atoms with Crippen LogP contribution >= 0.6 is 0 Å². The third-order valence-corrected chi connectivity index (χ3v) is 4.28. The fourth-order valence-electron chi connectivity index (χ4n) is 2.72. The van der Waals surface area contributed by atoms with E-state index < -0.39 is 23.9 Å². The molecule has 172 valence electrons. The highest BCUT2D eigenvalue weighted by molar-refractivity contribution is 5.97. The minimum Gasteiger partial charge on any atom is -0.491 e. The monoisotopic (exact) mass is 451 g/mol. The number of methoxy groups -OCH3 is 1. The van der Waals surface area contributed by atoms with Gasteiger partial charge in [-0.2, -0.15) is 5.26 Å². The van der Waals surface area contributed by atoms with E-state index in [1.807, 2.05) is 36.4 Å². The second-order valence-corrected chi connectivity index (χ2v) is 7.02. The maximum absolute atomic E-state index is 12.1. The highest BCUT2D eigenvalue weighted by atomic mass is 16.5. The first-order valence-electron chi connectivity index (χ1n) is 10.0. The zero-order valence-corrected chi connectivity index (χ0v) is 18.4. The van der Waals surface area contributed by atoms with Crippen molar-refractivity contribution in [3.63, 3.8) is 0 Å². The molecule has 0 fully saturated rings. The van der Waals surface area contributed by atoms with Gasteiger partial charge in [0, 0.05) is 18.5 Å². The van der Waals surface area contributed by atoms with Crippen molar-refractivity contribution in [1.29, 1.82) is 5.26 Å². The van der Waals surface area contributed by atoms with Crippen molar-refractivity contribution in [1.82, 2.24) is 5.32 Å². The van der Waals surface area contributed by atoms with E-state index in [1.165, 1.54) is 32.2 Å². The number of benzene rings is 2. The summed E-state index contributed by atoms with van der Waals surface area (Å²) < 4.78 is 15.6. The number of amides is 1. The molecule has 2 aromatic rings. The van der Waals surface area contributed by atoms with Crippen LogP contribution in [-0.2, 0) is 30.5 Å². The van der Waals surface area contributed by atoms with Crippen LogP contribution in [0.5, 0.6) is 5.75 Å². The van der Waals surface area contributed by atoms with Crippen LogP contribution in [0.25, 0.3) is 6.08 Å². The highest BCUT2D eigenvalue weighted by Gasteiger charge is 2.16. The molecule has 2 aromatic carbocycles. The number of carbonyl (C=O) groups excluding carboxylic acids is 3. The number of ether oxygens (including phenoxy) is 3. The Kier molecular flexibility index (Phi) is 9.61. The Morgan fingerprint density at radius 1 is 1.18 bits per heavy atom. The molecule has 9 heteroatoms. The zero-order chi connectivity index (χ0) is 24.2. The molecule has 33 heavy (non-hydrogen) atoms. The summed E-state index contributed by atoms with van der Waals surface area (Å²) in [5.74, 6) is -1.44. The summed E-state index contributed by atoms with van der Waals surface area (Å²) in [7, 11) is 1.18. The lowest BCUT2D eigenvalue weighted by Crippen LogP contribution is -2.31. The third-order valence-electron chi connectivity index (χ3n) is 4.28. The van der Waals surface area contributed by atoms with Crippen molar-refractivity contribution in [2.45, 2.75) is 26.0 Å². The molecule has 0 aliphatic heterocycles. The summed E-state index contributed by atoms with van der Waals surface area (Å²) in [6.07, 6.45) is 1.29. The second kappa shape index (κ2) is 12.6. The Bertz CT molecular complexity index is 1060. The van der Waals surface area contributed by atoms with Crippen LogP contribution in [0.15, 0.2) is 54.2 Å². The molecule has 0 saturated carbocycles. The van der Waals surface area contributed by atoms with Crippen LogP contribution in [0.3, 0.4) is 0 Å². The number of nitriles is 1. The van der Waals surface area contributed by atoms with Gasteiger partial charge in [-0.3, -0.25) is 9.59 Å². The fraction of sp³-hybridized carbons (Fsp3) is 0.250. The van der Waals surface area contributed by atoms with E-state index in [0.29, 0.717) is 11.1 Å². The first kappa shape index (κ1) is 25.1. The van der Waals surface area contributed by atoms with Crippen LogP contribution in [0, 0.1) is 11.3 Å². The largest absolute Gasteiger partial charge is 0.491 e. The molecule has 0 aliphatic rings. The molecule has 9 nitrogen and oxygen atoms in total. The molecule has 0 spiro atoms. The van der Waals surface area contributed by atoms with Gasteiger partial charge >= 0.3 is 11.9 Å². The predicted molar refractivity (Wildman–Crippen MR) is 119 cm³/mol. The Morgan fingerprint density at radius 3 is 2.55 bits per heavy atom. The van der Waals surface area contributed by atoms with Gasteiger partial charge in [-0.05, 0) is 29.8 Å². The Morgan fingerprint density at radius 2 is 1.91 bits per heavy atom. The number of rotatable bonds is 10. The van der Waals surface area contributed by atoms with Gasteiger partial charge in [-0.1, -0.05) is 30.3 Å². The van der Waals surface area contributed by atoms with E-state index in [-0.39, 0.29) is 31.1 Å². The lowest BCUT2D eigenvalue weighted by atomic mass is 10.1. The number of hydrogen-bond donors (Lipinski definition) is 2. The SMILES string of the molecule is COC(=O)/C(=C/c1ccc(C#N)cc1OC[C@H](N)CC(=O)OCc1ccccc1)NC(C)=O. The molecule has 3 N–H and O–H groups in total.